The number of esters is 1. The zero-order valence-corrected chi connectivity index (χ0v) is 15.7. The molecule has 0 bridgehead atoms. The average molecular weight is 383 g/mol. The Hall–Kier alpha value is -3.29. The zero-order valence-electron chi connectivity index (χ0n) is 15.7. The minimum atomic E-state index is -0.422. The molecule has 2 saturated heterocycles. The topological polar surface area (TPSA) is 81.2 Å². The van der Waals surface area contributed by atoms with Crippen LogP contribution in [0.5, 0.6) is 5.75 Å². The third-order valence-corrected chi connectivity index (χ3v) is 5.15. The Morgan fingerprint density at radius 1 is 1.21 bits per heavy atom. The summed E-state index contributed by atoms with van der Waals surface area (Å²) in [7, 11) is 2.95. The maximum absolute atomic E-state index is 12.4. The molecular formula is C20H21N3O5. The van der Waals surface area contributed by atoms with E-state index in [1.807, 2.05) is 24.3 Å². The third kappa shape index (κ3) is 3.21. The van der Waals surface area contributed by atoms with Gasteiger partial charge in [0.15, 0.2) is 0 Å². The standard InChI is InChI=1S/C20H21N3O5/c1-26-16-6-4-3-5-14(16)10-23-15-11-22(12-17(15)28-20(23)25)18-8-7-13(9-21-18)19(24)27-2/h3-9,15,17H,10-12H2,1-2H3/t15-,17+/m0/s1. The van der Waals surface area contributed by atoms with E-state index in [-0.39, 0.29) is 18.2 Å². The Morgan fingerprint density at radius 3 is 2.75 bits per heavy atom. The van der Waals surface area contributed by atoms with Gasteiger partial charge in [-0.15, -0.1) is 0 Å². The number of carbonyl (C=O) groups is 2. The van der Waals surface area contributed by atoms with Gasteiger partial charge in [0.2, 0.25) is 0 Å². The molecule has 1 amide bonds. The molecule has 0 N–H and O–H groups in total. The molecule has 0 spiro atoms. The van der Waals surface area contributed by atoms with Gasteiger partial charge in [-0.3, -0.25) is 4.90 Å². The van der Waals surface area contributed by atoms with Crippen molar-refractivity contribution in [3.05, 3.63) is 53.7 Å². The number of anilines is 1. The molecule has 4 rings (SSSR count). The number of fused-ring (bicyclic) bond motifs is 1. The van der Waals surface area contributed by atoms with Crippen molar-refractivity contribution in [2.45, 2.75) is 18.7 Å². The first-order valence-corrected chi connectivity index (χ1v) is 8.99. The van der Waals surface area contributed by atoms with Gasteiger partial charge in [0.25, 0.3) is 0 Å². The second-order valence-electron chi connectivity index (χ2n) is 6.73. The lowest BCUT2D eigenvalue weighted by molar-refractivity contribution is 0.0600. The predicted molar refractivity (Wildman–Crippen MR) is 100 cm³/mol. The van der Waals surface area contributed by atoms with Gasteiger partial charge in [0.1, 0.15) is 17.7 Å². The average Bonchev–Trinajstić information content (AvgIpc) is 3.26. The summed E-state index contributed by atoms with van der Waals surface area (Å²) >= 11 is 0. The van der Waals surface area contributed by atoms with Crippen molar-refractivity contribution >= 4 is 17.9 Å². The fourth-order valence-electron chi connectivity index (χ4n) is 3.70. The SMILES string of the molecule is COC(=O)c1ccc(N2C[C@H]3OC(=O)N(Cc4ccccc4OC)[C@H]3C2)nc1. The molecule has 0 aliphatic carbocycles. The van der Waals surface area contributed by atoms with Gasteiger partial charge < -0.3 is 19.1 Å². The van der Waals surface area contributed by atoms with Crippen LogP contribution in [0.3, 0.4) is 0 Å². The van der Waals surface area contributed by atoms with E-state index in [1.165, 1.54) is 13.3 Å². The van der Waals surface area contributed by atoms with E-state index in [1.54, 1.807) is 24.1 Å². The van der Waals surface area contributed by atoms with Crippen molar-refractivity contribution < 1.29 is 23.8 Å². The number of amides is 1. The molecule has 2 atom stereocenters. The Bertz CT molecular complexity index is 886. The van der Waals surface area contributed by atoms with E-state index < -0.39 is 5.97 Å². The van der Waals surface area contributed by atoms with Crippen LogP contribution in [0.2, 0.25) is 0 Å². The molecule has 28 heavy (non-hydrogen) atoms. The van der Waals surface area contributed by atoms with Crippen LogP contribution < -0.4 is 9.64 Å². The zero-order chi connectivity index (χ0) is 19.7. The van der Waals surface area contributed by atoms with Gasteiger partial charge in [-0.05, 0) is 18.2 Å². The molecule has 146 valence electrons. The van der Waals surface area contributed by atoms with Crippen molar-refractivity contribution in [2.24, 2.45) is 0 Å². The summed E-state index contributed by atoms with van der Waals surface area (Å²) in [5, 5.41) is 0. The number of para-hydroxylation sites is 1. The van der Waals surface area contributed by atoms with Crippen LogP contribution in [0.1, 0.15) is 15.9 Å². The summed E-state index contributed by atoms with van der Waals surface area (Å²) in [6, 6.07) is 11.0. The third-order valence-electron chi connectivity index (χ3n) is 5.15. The van der Waals surface area contributed by atoms with Gasteiger partial charge >= 0.3 is 12.1 Å². The van der Waals surface area contributed by atoms with E-state index in [2.05, 4.69) is 9.88 Å². The summed E-state index contributed by atoms with van der Waals surface area (Å²) in [5.74, 6) is 1.05. The van der Waals surface area contributed by atoms with Crippen LogP contribution in [0.15, 0.2) is 42.6 Å². The molecule has 3 heterocycles. The molecule has 1 aromatic carbocycles. The Kier molecular flexibility index (Phi) is 4.77. The van der Waals surface area contributed by atoms with Gasteiger partial charge in [-0.25, -0.2) is 14.6 Å². The van der Waals surface area contributed by atoms with Gasteiger partial charge in [-0.2, -0.15) is 0 Å². The van der Waals surface area contributed by atoms with E-state index in [9.17, 15) is 9.59 Å². The van der Waals surface area contributed by atoms with Crippen LogP contribution in [0.25, 0.3) is 0 Å². The highest BCUT2D eigenvalue weighted by atomic mass is 16.6. The first kappa shape index (κ1) is 18.1. The number of hydrogen-bond acceptors (Lipinski definition) is 7. The quantitative estimate of drug-likeness (QED) is 0.731. The largest absolute Gasteiger partial charge is 0.496 e. The summed E-state index contributed by atoms with van der Waals surface area (Å²) in [5.41, 5.74) is 1.33. The summed E-state index contributed by atoms with van der Waals surface area (Å²) in [6.07, 6.45) is 0.965. The van der Waals surface area contributed by atoms with Crippen molar-refractivity contribution in [1.29, 1.82) is 0 Å². The number of nitrogens with zero attached hydrogens (tertiary/aromatic N) is 3. The second-order valence-corrected chi connectivity index (χ2v) is 6.73. The molecule has 0 unspecified atom stereocenters. The molecular weight excluding hydrogens is 362 g/mol. The van der Waals surface area contributed by atoms with Crippen LogP contribution in [0, 0.1) is 0 Å². The second kappa shape index (κ2) is 7.38. The highest BCUT2D eigenvalue weighted by Gasteiger charge is 2.48. The minimum Gasteiger partial charge on any atom is -0.496 e. The number of methoxy groups -OCH3 is 2. The molecule has 0 saturated carbocycles. The van der Waals surface area contributed by atoms with E-state index >= 15 is 0 Å². The normalized spacial score (nSPS) is 20.7. The van der Waals surface area contributed by atoms with Crippen LogP contribution in [-0.2, 0) is 16.0 Å². The van der Waals surface area contributed by atoms with Gasteiger partial charge in [-0.1, -0.05) is 18.2 Å². The number of hydrogen-bond donors (Lipinski definition) is 0. The van der Waals surface area contributed by atoms with Gasteiger partial charge in [0.05, 0.1) is 38.9 Å². The van der Waals surface area contributed by atoms with Crippen molar-refractivity contribution in [3.8, 4) is 5.75 Å². The molecule has 2 aliphatic rings. The monoisotopic (exact) mass is 383 g/mol. The van der Waals surface area contributed by atoms with E-state index in [4.69, 9.17) is 14.2 Å². The van der Waals surface area contributed by atoms with Crippen LogP contribution in [-0.4, -0.2) is 61.4 Å². The molecule has 2 aromatic rings. The molecule has 2 aliphatic heterocycles. The van der Waals surface area contributed by atoms with E-state index in [0.29, 0.717) is 25.2 Å². The number of pyridine rings is 1. The molecule has 2 fully saturated rings. The molecule has 0 radical (unpaired) electrons. The Balaban J connectivity index is 1.49. The first-order chi connectivity index (χ1) is 13.6. The Morgan fingerprint density at radius 2 is 2.04 bits per heavy atom. The summed E-state index contributed by atoms with van der Waals surface area (Å²) < 4.78 is 15.7. The maximum Gasteiger partial charge on any atom is 0.410 e. The lowest BCUT2D eigenvalue weighted by Gasteiger charge is -2.23. The lowest BCUT2D eigenvalue weighted by atomic mass is 10.1. The summed E-state index contributed by atoms with van der Waals surface area (Å²) in [4.78, 5) is 32.1. The number of aromatic nitrogens is 1. The number of rotatable bonds is 5. The lowest BCUT2D eigenvalue weighted by Crippen LogP contribution is -2.37. The number of ether oxygens (including phenoxy) is 3. The minimum absolute atomic E-state index is 0.0699. The van der Waals surface area contributed by atoms with Crippen molar-refractivity contribution in [1.82, 2.24) is 9.88 Å². The highest BCUT2D eigenvalue weighted by Crippen LogP contribution is 2.32. The number of benzene rings is 1. The van der Waals surface area contributed by atoms with Crippen LogP contribution in [0.4, 0.5) is 10.6 Å². The van der Waals surface area contributed by atoms with E-state index in [0.717, 1.165) is 17.1 Å². The fraction of sp³-hybridized carbons (Fsp3) is 0.350. The van der Waals surface area contributed by atoms with Crippen LogP contribution >= 0.6 is 0 Å². The maximum atomic E-state index is 12.4. The summed E-state index contributed by atoms with van der Waals surface area (Å²) in [6.45, 7) is 1.59. The highest BCUT2D eigenvalue weighted by molar-refractivity contribution is 5.89. The van der Waals surface area contributed by atoms with Crippen molar-refractivity contribution in [2.75, 3.05) is 32.2 Å². The van der Waals surface area contributed by atoms with Gasteiger partial charge in [0, 0.05) is 18.3 Å². The first-order valence-electron chi connectivity index (χ1n) is 8.99. The predicted octanol–water partition coefficient (Wildman–Crippen LogP) is 2.09. The fourth-order valence-corrected chi connectivity index (χ4v) is 3.70. The molecule has 8 nitrogen and oxygen atoms in total. The number of carbonyl (C=O) groups excluding carboxylic acids is 2. The molecule has 8 heteroatoms. The molecule has 1 aromatic heterocycles. The smallest absolute Gasteiger partial charge is 0.410 e. The Labute approximate surface area is 162 Å². The van der Waals surface area contributed by atoms with Crippen molar-refractivity contribution in [3.63, 3.8) is 0 Å².